The molecule has 1 aromatic heterocycles. The van der Waals surface area contributed by atoms with Crippen LogP contribution in [-0.4, -0.2) is 34.2 Å². The van der Waals surface area contributed by atoms with Gasteiger partial charge in [0.05, 0.1) is 29.0 Å². The Morgan fingerprint density at radius 1 is 1.21 bits per heavy atom. The van der Waals surface area contributed by atoms with Crippen molar-refractivity contribution in [1.82, 2.24) is 9.97 Å². The summed E-state index contributed by atoms with van der Waals surface area (Å²) in [5.41, 5.74) is 2.71. The molecule has 2 aromatic carbocycles. The number of halogens is 1. The molecule has 3 rings (SSSR count). The van der Waals surface area contributed by atoms with Crippen LogP contribution in [0.15, 0.2) is 47.6 Å². The molecule has 3 aromatic rings. The predicted molar refractivity (Wildman–Crippen MR) is 112 cm³/mol. The van der Waals surface area contributed by atoms with Crippen LogP contribution in [0.25, 0.3) is 11.0 Å². The van der Waals surface area contributed by atoms with Gasteiger partial charge in [0.25, 0.3) is 0 Å². The van der Waals surface area contributed by atoms with Crippen molar-refractivity contribution in [1.29, 1.82) is 0 Å². The molecular weight excluding hydrogens is 398 g/mol. The zero-order valence-electron chi connectivity index (χ0n) is 15.3. The van der Waals surface area contributed by atoms with E-state index in [2.05, 4.69) is 15.3 Å². The van der Waals surface area contributed by atoms with Gasteiger partial charge in [0.1, 0.15) is 0 Å². The summed E-state index contributed by atoms with van der Waals surface area (Å²) in [6, 6.07) is 12.0. The third-order valence-electron chi connectivity index (χ3n) is 3.90. The number of anilines is 1. The van der Waals surface area contributed by atoms with E-state index < -0.39 is 0 Å². The molecule has 0 aliphatic carbocycles. The molecular formula is C20H20ClN3O3S. The van der Waals surface area contributed by atoms with E-state index >= 15 is 0 Å². The number of fused-ring (bicyclic) bond motifs is 1. The number of nitrogens with one attached hydrogen (secondary N) is 2. The average Bonchev–Trinajstić information content (AvgIpc) is 3.09. The average molecular weight is 418 g/mol. The van der Waals surface area contributed by atoms with Crippen molar-refractivity contribution in [3.8, 4) is 0 Å². The van der Waals surface area contributed by atoms with E-state index in [1.54, 1.807) is 36.4 Å². The number of aromatic amines is 1. The topological polar surface area (TPSA) is 84.1 Å². The fourth-order valence-electron chi connectivity index (χ4n) is 2.44. The number of hydrogen-bond acceptors (Lipinski definition) is 5. The van der Waals surface area contributed by atoms with Gasteiger partial charge < -0.3 is 15.0 Å². The van der Waals surface area contributed by atoms with E-state index in [-0.39, 0.29) is 17.6 Å². The Kier molecular flexibility index (Phi) is 6.95. The molecule has 0 aliphatic rings. The largest absolute Gasteiger partial charge is 0.462 e. The van der Waals surface area contributed by atoms with Gasteiger partial charge >= 0.3 is 5.97 Å². The Morgan fingerprint density at radius 3 is 2.75 bits per heavy atom. The first-order valence-corrected chi connectivity index (χ1v) is 10.3. The first-order valence-electron chi connectivity index (χ1n) is 8.90. The van der Waals surface area contributed by atoms with Crippen LogP contribution in [0.5, 0.6) is 0 Å². The van der Waals surface area contributed by atoms with Crippen molar-refractivity contribution in [3.63, 3.8) is 0 Å². The van der Waals surface area contributed by atoms with Crippen LogP contribution in [0.2, 0.25) is 5.02 Å². The third kappa shape index (κ3) is 5.50. The fraction of sp³-hybridized carbons (Fsp3) is 0.250. The Hall–Kier alpha value is -2.51. The lowest BCUT2D eigenvalue weighted by molar-refractivity contribution is -0.113. The fourth-order valence-corrected chi connectivity index (χ4v) is 3.30. The molecule has 0 radical (unpaired) electrons. The standard InChI is InChI=1S/C20H20ClN3O3S/c1-2-3-10-27-19(26)13-4-7-15(8-5-13)22-18(25)12-28-20-23-16-9-6-14(21)11-17(16)24-20/h4-9,11H,2-3,10,12H2,1H3,(H,22,25)(H,23,24). The van der Waals surface area contributed by atoms with Crippen molar-refractivity contribution in [2.45, 2.75) is 24.9 Å². The molecule has 28 heavy (non-hydrogen) atoms. The maximum atomic E-state index is 12.2. The van der Waals surface area contributed by atoms with Gasteiger partial charge in [-0.3, -0.25) is 4.79 Å². The summed E-state index contributed by atoms with van der Waals surface area (Å²) in [5.74, 6) is -0.317. The second-order valence-electron chi connectivity index (χ2n) is 6.11. The molecule has 1 heterocycles. The van der Waals surface area contributed by atoms with Gasteiger partial charge in [0.2, 0.25) is 5.91 Å². The summed E-state index contributed by atoms with van der Waals surface area (Å²) in [7, 11) is 0. The predicted octanol–water partition coefficient (Wildman–Crippen LogP) is 4.90. The lowest BCUT2D eigenvalue weighted by Gasteiger charge is -2.06. The van der Waals surface area contributed by atoms with E-state index in [1.165, 1.54) is 11.8 Å². The molecule has 0 atom stereocenters. The molecule has 0 saturated heterocycles. The normalized spacial score (nSPS) is 10.8. The van der Waals surface area contributed by atoms with Crippen molar-refractivity contribution in [3.05, 3.63) is 53.1 Å². The maximum absolute atomic E-state index is 12.2. The molecule has 0 bridgehead atoms. The lowest BCUT2D eigenvalue weighted by atomic mass is 10.2. The van der Waals surface area contributed by atoms with Gasteiger partial charge in [-0.15, -0.1) is 0 Å². The second-order valence-corrected chi connectivity index (χ2v) is 7.51. The highest BCUT2D eigenvalue weighted by atomic mass is 35.5. The first-order chi connectivity index (χ1) is 13.5. The molecule has 0 aliphatic heterocycles. The van der Waals surface area contributed by atoms with E-state index in [0.29, 0.717) is 28.0 Å². The monoisotopic (exact) mass is 417 g/mol. The summed E-state index contributed by atoms with van der Waals surface area (Å²) in [5, 5.41) is 4.08. The second kappa shape index (κ2) is 9.61. The van der Waals surface area contributed by atoms with Crippen molar-refractivity contribution < 1.29 is 14.3 Å². The zero-order valence-corrected chi connectivity index (χ0v) is 16.9. The number of imidazole rings is 1. The van der Waals surface area contributed by atoms with Crippen molar-refractivity contribution in [2.24, 2.45) is 0 Å². The Morgan fingerprint density at radius 2 is 2.00 bits per heavy atom. The quantitative estimate of drug-likeness (QED) is 0.309. The summed E-state index contributed by atoms with van der Waals surface area (Å²) in [6.07, 6.45) is 1.81. The number of aromatic nitrogens is 2. The first kappa shape index (κ1) is 20.2. The molecule has 0 fully saturated rings. The van der Waals surface area contributed by atoms with Gasteiger partial charge in [-0.05, 0) is 48.9 Å². The highest BCUT2D eigenvalue weighted by molar-refractivity contribution is 7.99. The number of esters is 1. The zero-order chi connectivity index (χ0) is 19.9. The van der Waals surface area contributed by atoms with E-state index in [9.17, 15) is 9.59 Å². The number of benzene rings is 2. The Bertz CT molecular complexity index is 972. The number of unbranched alkanes of at least 4 members (excludes halogenated alkanes) is 1. The van der Waals surface area contributed by atoms with Gasteiger partial charge in [0.15, 0.2) is 5.16 Å². The summed E-state index contributed by atoms with van der Waals surface area (Å²) < 4.78 is 5.16. The highest BCUT2D eigenvalue weighted by Crippen LogP contribution is 2.22. The maximum Gasteiger partial charge on any atom is 0.338 e. The van der Waals surface area contributed by atoms with Gasteiger partial charge in [-0.25, -0.2) is 9.78 Å². The van der Waals surface area contributed by atoms with Gasteiger partial charge in [0, 0.05) is 10.7 Å². The van der Waals surface area contributed by atoms with Crippen LogP contribution >= 0.6 is 23.4 Å². The number of thioether (sulfide) groups is 1. The molecule has 0 saturated carbocycles. The van der Waals surface area contributed by atoms with Crippen LogP contribution in [0.1, 0.15) is 30.1 Å². The van der Waals surface area contributed by atoms with Crippen LogP contribution in [0.3, 0.4) is 0 Å². The SMILES string of the molecule is CCCCOC(=O)c1ccc(NC(=O)CSc2nc3ccc(Cl)cc3[nH]2)cc1. The molecule has 6 nitrogen and oxygen atoms in total. The van der Waals surface area contributed by atoms with Crippen LogP contribution in [0.4, 0.5) is 5.69 Å². The van der Waals surface area contributed by atoms with E-state index in [1.807, 2.05) is 13.0 Å². The van der Waals surface area contributed by atoms with E-state index in [0.717, 1.165) is 23.9 Å². The number of carbonyl (C=O) groups excluding carboxylic acids is 2. The molecule has 146 valence electrons. The molecule has 0 unspecified atom stereocenters. The van der Waals surface area contributed by atoms with E-state index in [4.69, 9.17) is 16.3 Å². The minimum absolute atomic E-state index is 0.165. The number of nitrogens with zero attached hydrogens (tertiary/aromatic N) is 1. The summed E-state index contributed by atoms with van der Waals surface area (Å²) in [4.78, 5) is 31.6. The summed E-state index contributed by atoms with van der Waals surface area (Å²) in [6.45, 7) is 2.45. The Labute approximate surface area is 172 Å². The number of ether oxygens (including phenoxy) is 1. The number of rotatable bonds is 8. The van der Waals surface area contributed by atoms with Crippen LogP contribution in [0, 0.1) is 0 Å². The lowest BCUT2D eigenvalue weighted by Crippen LogP contribution is -2.14. The van der Waals surface area contributed by atoms with Crippen molar-refractivity contribution in [2.75, 3.05) is 17.7 Å². The molecule has 2 N–H and O–H groups in total. The van der Waals surface area contributed by atoms with Gasteiger partial charge in [-0.1, -0.05) is 36.7 Å². The van der Waals surface area contributed by atoms with Crippen molar-refractivity contribution >= 4 is 52.0 Å². The number of hydrogen-bond donors (Lipinski definition) is 2. The molecule has 1 amide bonds. The van der Waals surface area contributed by atoms with Crippen LogP contribution < -0.4 is 5.32 Å². The minimum Gasteiger partial charge on any atom is -0.462 e. The minimum atomic E-state index is -0.355. The van der Waals surface area contributed by atoms with Gasteiger partial charge in [-0.2, -0.15) is 0 Å². The number of H-pyrrole nitrogens is 1. The number of amides is 1. The molecule has 0 spiro atoms. The van der Waals surface area contributed by atoms with Crippen LogP contribution in [-0.2, 0) is 9.53 Å². The third-order valence-corrected chi connectivity index (χ3v) is 5.01. The Balaban J connectivity index is 1.50. The summed E-state index contributed by atoms with van der Waals surface area (Å²) >= 11 is 7.26. The smallest absolute Gasteiger partial charge is 0.338 e. The number of carbonyl (C=O) groups is 2. The molecule has 8 heteroatoms. The highest BCUT2D eigenvalue weighted by Gasteiger charge is 2.10.